The zero-order chi connectivity index (χ0) is 12.4. The van der Waals surface area contributed by atoms with Crippen LogP contribution < -0.4 is 10.5 Å². The Kier molecular flexibility index (Phi) is 3.77. The predicted molar refractivity (Wildman–Crippen MR) is 67.9 cm³/mol. The van der Waals surface area contributed by atoms with Crippen LogP contribution in [0, 0.1) is 11.7 Å². The van der Waals surface area contributed by atoms with Crippen LogP contribution in [0.1, 0.15) is 32.6 Å². The lowest BCUT2D eigenvalue weighted by molar-refractivity contribution is 0.130. The molecule has 0 bridgehead atoms. The maximum absolute atomic E-state index is 13.1. The van der Waals surface area contributed by atoms with Gasteiger partial charge in [0.05, 0.1) is 16.8 Å². The molecule has 0 radical (unpaired) electrons. The first-order valence-electron chi connectivity index (χ1n) is 5.97. The number of benzene rings is 1. The topological polar surface area (TPSA) is 35.2 Å². The molecule has 0 heterocycles. The first kappa shape index (κ1) is 12.5. The normalized spacial score (nSPS) is 24.6. The molecule has 0 saturated heterocycles. The van der Waals surface area contributed by atoms with E-state index in [1.54, 1.807) is 0 Å². The first-order chi connectivity index (χ1) is 8.06. The van der Waals surface area contributed by atoms with Gasteiger partial charge in [-0.3, -0.25) is 0 Å². The van der Waals surface area contributed by atoms with Crippen molar-refractivity contribution in [3.63, 3.8) is 0 Å². The Morgan fingerprint density at radius 3 is 2.88 bits per heavy atom. The van der Waals surface area contributed by atoms with E-state index < -0.39 is 5.82 Å². The third-order valence-corrected chi connectivity index (χ3v) is 3.52. The summed E-state index contributed by atoms with van der Waals surface area (Å²) >= 11 is 5.72. The van der Waals surface area contributed by atoms with Crippen molar-refractivity contribution in [2.45, 2.75) is 38.7 Å². The lowest BCUT2D eigenvalue weighted by atomic mass is 9.89. The summed E-state index contributed by atoms with van der Waals surface area (Å²) < 4.78 is 18.9. The number of nitrogens with two attached hydrogens (primary N) is 1. The van der Waals surface area contributed by atoms with E-state index in [1.165, 1.54) is 25.0 Å². The van der Waals surface area contributed by atoms with Crippen LogP contribution in [0.2, 0.25) is 5.02 Å². The average Bonchev–Trinajstić information content (AvgIpc) is 2.26. The van der Waals surface area contributed by atoms with Gasteiger partial charge in [-0.05, 0) is 25.2 Å². The Labute approximate surface area is 106 Å². The molecule has 1 aliphatic rings. The summed E-state index contributed by atoms with van der Waals surface area (Å²) in [7, 11) is 0. The molecule has 17 heavy (non-hydrogen) atoms. The lowest BCUT2D eigenvalue weighted by Crippen LogP contribution is -2.24. The van der Waals surface area contributed by atoms with Gasteiger partial charge in [-0.25, -0.2) is 4.39 Å². The van der Waals surface area contributed by atoms with Crippen molar-refractivity contribution in [3.05, 3.63) is 23.0 Å². The third-order valence-electron chi connectivity index (χ3n) is 3.23. The largest absolute Gasteiger partial charge is 0.488 e. The van der Waals surface area contributed by atoms with Crippen molar-refractivity contribution in [2.75, 3.05) is 5.73 Å². The van der Waals surface area contributed by atoms with Crippen molar-refractivity contribution in [3.8, 4) is 5.75 Å². The molecule has 1 aromatic carbocycles. The third kappa shape index (κ3) is 3.03. The smallest absolute Gasteiger partial charge is 0.144 e. The van der Waals surface area contributed by atoms with Crippen LogP contribution in [0.15, 0.2) is 12.1 Å². The highest BCUT2D eigenvalue weighted by atomic mass is 35.5. The summed E-state index contributed by atoms with van der Waals surface area (Å²) in [5, 5.41) is 0.0538. The van der Waals surface area contributed by atoms with E-state index in [-0.39, 0.29) is 11.1 Å². The second-order valence-electron chi connectivity index (χ2n) is 4.82. The average molecular weight is 258 g/mol. The van der Waals surface area contributed by atoms with E-state index >= 15 is 0 Å². The van der Waals surface area contributed by atoms with Crippen LogP contribution in [0.25, 0.3) is 0 Å². The quantitative estimate of drug-likeness (QED) is 0.813. The fourth-order valence-electron chi connectivity index (χ4n) is 2.31. The number of hydrogen-bond acceptors (Lipinski definition) is 2. The minimum atomic E-state index is -0.506. The molecule has 0 aliphatic heterocycles. The van der Waals surface area contributed by atoms with Crippen LogP contribution in [0.5, 0.6) is 5.75 Å². The molecule has 2 N–H and O–H groups in total. The monoisotopic (exact) mass is 257 g/mol. The van der Waals surface area contributed by atoms with Crippen molar-refractivity contribution in [1.82, 2.24) is 0 Å². The van der Waals surface area contributed by atoms with E-state index in [9.17, 15) is 4.39 Å². The molecular formula is C13H17ClFNO. The Morgan fingerprint density at radius 2 is 2.18 bits per heavy atom. The summed E-state index contributed by atoms with van der Waals surface area (Å²) in [5.41, 5.74) is 6.03. The SMILES string of the molecule is CC1CCCC(Oc2cc(Cl)c(F)cc2N)C1. The van der Waals surface area contributed by atoms with Crippen molar-refractivity contribution < 1.29 is 9.13 Å². The standard InChI is InChI=1S/C13H17ClFNO/c1-8-3-2-4-9(5-8)17-13-6-10(14)11(15)7-12(13)16/h6-9H,2-5,16H2,1H3. The molecule has 0 aromatic heterocycles. The van der Waals surface area contributed by atoms with Crippen molar-refractivity contribution in [2.24, 2.45) is 5.92 Å². The molecule has 2 unspecified atom stereocenters. The maximum Gasteiger partial charge on any atom is 0.144 e. The molecular weight excluding hydrogens is 241 g/mol. The summed E-state index contributed by atoms with van der Waals surface area (Å²) in [6.07, 6.45) is 4.63. The number of anilines is 1. The van der Waals surface area contributed by atoms with Crippen LogP contribution in [0.3, 0.4) is 0 Å². The van der Waals surface area contributed by atoms with Crippen LogP contribution in [0.4, 0.5) is 10.1 Å². The van der Waals surface area contributed by atoms with Gasteiger partial charge >= 0.3 is 0 Å². The second kappa shape index (κ2) is 5.13. The minimum absolute atomic E-state index is 0.0538. The molecule has 1 aliphatic carbocycles. The maximum atomic E-state index is 13.1. The molecule has 1 aromatic rings. The molecule has 0 amide bonds. The van der Waals surface area contributed by atoms with Gasteiger partial charge in [0.1, 0.15) is 11.6 Å². The van der Waals surface area contributed by atoms with E-state index in [0.29, 0.717) is 17.4 Å². The Hall–Kier alpha value is -0.960. The van der Waals surface area contributed by atoms with Crippen LogP contribution >= 0.6 is 11.6 Å². The number of rotatable bonds is 2. The lowest BCUT2D eigenvalue weighted by Gasteiger charge is -2.27. The van der Waals surface area contributed by atoms with E-state index in [2.05, 4.69) is 6.92 Å². The highest BCUT2D eigenvalue weighted by Crippen LogP contribution is 2.32. The molecule has 2 atom stereocenters. The molecule has 0 spiro atoms. The van der Waals surface area contributed by atoms with Crippen LogP contribution in [-0.2, 0) is 0 Å². The Morgan fingerprint density at radius 1 is 1.41 bits per heavy atom. The van der Waals surface area contributed by atoms with Gasteiger partial charge in [-0.1, -0.05) is 24.9 Å². The zero-order valence-corrected chi connectivity index (χ0v) is 10.6. The zero-order valence-electron chi connectivity index (χ0n) is 9.88. The van der Waals surface area contributed by atoms with Gasteiger partial charge in [0.2, 0.25) is 0 Å². The number of nitrogen functional groups attached to an aromatic ring is 1. The fraction of sp³-hybridized carbons (Fsp3) is 0.538. The van der Waals surface area contributed by atoms with Crippen molar-refractivity contribution in [1.29, 1.82) is 0 Å². The first-order valence-corrected chi connectivity index (χ1v) is 6.35. The van der Waals surface area contributed by atoms with E-state index in [1.807, 2.05) is 0 Å². The second-order valence-corrected chi connectivity index (χ2v) is 5.22. The van der Waals surface area contributed by atoms with E-state index in [0.717, 1.165) is 12.8 Å². The predicted octanol–water partition coefficient (Wildman–Crippen LogP) is 4.02. The highest BCUT2D eigenvalue weighted by Gasteiger charge is 2.21. The Balaban J connectivity index is 2.10. The van der Waals surface area contributed by atoms with Crippen LogP contribution in [-0.4, -0.2) is 6.10 Å². The molecule has 1 fully saturated rings. The highest BCUT2D eigenvalue weighted by molar-refractivity contribution is 6.31. The number of ether oxygens (including phenoxy) is 1. The summed E-state index contributed by atoms with van der Waals surface area (Å²) in [4.78, 5) is 0. The Bertz CT molecular complexity index is 411. The van der Waals surface area contributed by atoms with Gasteiger partial charge < -0.3 is 10.5 Å². The van der Waals surface area contributed by atoms with Crippen molar-refractivity contribution >= 4 is 17.3 Å². The summed E-state index contributed by atoms with van der Waals surface area (Å²) in [6, 6.07) is 2.68. The van der Waals surface area contributed by atoms with E-state index in [4.69, 9.17) is 22.1 Å². The molecule has 4 heteroatoms. The molecule has 2 nitrogen and oxygen atoms in total. The minimum Gasteiger partial charge on any atom is -0.488 e. The molecule has 94 valence electrons. The molecule has 1 saturated carbocycles. The van der Waals surface area contributed by atoms with Gasteiger partial charge in [0, 0.05) is 12.1 Å². The summed E-state index contributed by atoms with van der Waals surface area (Å²) in [5.74, 6) is 0.662. The fourth-order valence-corrected chi connectivity index (χ4v) is 2.46. The van der Waals surface area contributed by atoms with Gasteiger partial charge in [-0.2, -0.15) is 0 Å². The summed E-state index contributed by atoms with van der Waals surface area (Å²) in [6.45, 7) is 2.22. The van der Waals surface area contributed by atoms with Gasteiger partial charge in [-0.15, -0.1) is 0 Å². The van der Waals surface area contributed by atoms with Gasteiger partial charge in [0.15, 0.2) is 0 Å². The molecule has 2 rings (SSSR count). The number of halogens is 2. The van der Waals surface area contributed by atoms with Gasteiger partial charge in [0.25, 0.3) is 0 Å². The number of hydrogen-bond donors (Lipinski definition) is 1.